The molecule has 0 atom stereocenters. The quantitative estimate of drug-likeness (QED) is 0.735. The number of hydrogen-bond acceptors (Lipinski definition) is 2. The molecule has 0 fully saturated rings. The van der Waals surface area contributed by atoms with Crippen molar-refractivity contribution in [3.63, 3.8) is 0 Å². The molecular formula is C11H4ClF6N3. The molecule has 1 aromatic carbocycles. The molecule has 21 heavy (non-hydrogen) atoms. The van der Waals surface area contributed by atoms with E-state index in [4.69, 9.17) is 16.9 Å². The van der Waals surface area contributed by atoms with Gasteiger partial charge in [0.2, 0.25) is 5.82 Å². The molecule has 0 unspecified atom stereocenters. The van der Waals surface area contributed by atoms with E-state index in [1.807, 2.05) is 0 Å². The first-order valence-corrected chi connectivity index (χ1v) is 5.64. The Bertz CT molecular complexity index is 737. The van der Waals surface area contributed by atoms with Gasteiger partial charge in [0.05, 0.1) is 27.7 Å². The van der Waals surface area contributed by atoms with Crippen molar-refractivity contribution < 1.29 is 26.3 Å². The predicted octanol–water partition coefficient (Wildman–Crippen LogP) is 4.25. The number of nitriles is 1. The van der Waals surface area contributed by atoms with E-state index >= 15 is 0 Å². The number of halogens is 7. The lowest BCUT2D eigenvalue weighted by molar-refractivity contribution is -0.146. The van der Waals surface area contributed by atoms with Gasteiger partial charge in [-0.3, -0.25) is 0 Å². The number of benzene rings is 1. The largest absolute Gasteiger partial charge is 0.449 e. The summed E-state index contributed by atoms with van der Waals surface area (Å²) in [5.41, 5.74) is -2.11. The fourth-order valence-electron chi connectivity index (χ4n) is 1.81. The fraction of sp³-hybridized carbons (Fsp3) is 0.273. The van der Waals surface area contributed by atoms with Crippen LogP contribution >= 0.6 is 11.6 Å². The van der Waals surface area contributed by atoms with Crippen LogP contribution in [-0.2, 0) is 18.9 Å². The summed E-state index contributed by atoms with van der Waals surface area (Å²) < 4.78 is 77.0. The zero-order valence-electron chi connectivity index (χ0n) is 9.85. The lowest BCUT2D eigenvalue weighted by Gasteiger charge is -2.10. The van der Waals surface area contributed by atoms with Crippen LogP contribution in [0.2, 0.25) is 5.02 Å². The summed E-state index contributed by atoms with van der Waals surface area (Å²) >= 11 is 5.43. The van der Waals surface area contributed by atoms with Crippen LogP contribution in [-0.4, -0.2) is 9.55 Å². The van der Waals surface area contributed by atoms with Crippen LogP contribution in [0.4, 0.5) is 26.3 Å². The summed E-state index contributed by atoms with van der Waals surface area (Å²) in [4.78, 5) is 3.22. The molecule has 2 aromatic rings. The number of nitrogens with zero attached hydrogens (tertiary/aromatic N) is 3. The SMILES string of the molecule is N#CCn1c(C(F)(F)F)nc2cc(Cl)c(C(F)(F)F)cc21. The molecular weight excluding hydrogens is 324 g/mol. The lowest BCUT2D eigenvalue weighted by Crippen LogP contribution is -2.14. The number of aromatic nitrogens is 2. The average molecular weight is 328 g/mol. The Kier molecular flexibility index (Phi) is 3.53. The number of imidazole rings is 1. The highest BCUT2D eigenvalue weighted by atomic mass is 35.5. The minimum absolute atomic E-state index is 0.365. The van der Waals surface area contributed by atoms with Gasteiger partial charge in [-0.2, -0.15) is 31.6 Å². The van der Waals surface area contributed by atoms with E-state index in [-0.39, 0.29) is 5.52 Å². The van der Waals surface area contributed by atoms with Crippen molar-refractivity contribution in [2.45, 2.75) is 18.9 Å². The smallest absolute Gasteiger partial charge is 0.306 e. The van der Waals surface area contributed by atoms with Crippen molar-refractivity contribution in [3.05, 3.63) is 28.5 Å². The van der Waals surface area contributed by atoms with Crippen LogP contribution in [0.3, 0.4) is 0 Å². The second-order valence-corrected chi connectivity index (χ2v) is 4.40. The molecule has 0 radical (unpaired) electrons. The van der Waals surface area contributed by atoms with Crippen LogP contribution < -0.4 is 0 Å². The number of fused-ring (bicyclic) bond motifs is 1. The standard InChI is InChI=1S/C11H4ClF6N3/c12-6-4-7-8(3-5(6)10(13,14)15)21(2-1-19)9(20-7)11(16,17)18/h3-4H,2H2. The second-order valence-electron chi connectivity index (χ2n) is 4.00. The Morgan fingerprint density at radius 1 is 1.14 bits per heavy atom. The average Bonchev–Trinajstić information content (AvgIpc) is 2.65. The van der Waals surface area contributed by atoms with Crippen molar-refractivity contribution in [1.82, 2.24) is 9.55 Å². The Balaban J connectivity index is 2.83. The molecule has 112 valence electrons. The summed E-state index contributed by atoms with van der Waals surface area (Å²) in [7, 11) is 0. The van der Waals surface area contributed by atoms with Crippen molar-refractivity contribution in [2.75, 3.05) is 0 Å². The maximum Gasteiger partial charge on any atom is 0.449 e. The molecule has 2 rings (SSSR count). The highest BCUT2D eigenvalue weighted by Crippen LogP contribution is 2.39. The molecule has 1 heterocycles. The van der Waals surface area contributed by atoms with Gasteiger partial charge in [0.15, 0.2) is 0 Å². The monoisotopic (exact) mass is 327 g/mol. The molecule has 1 aromatic heterocycles. The zero-order valence-corrected chi connectivity index (χ0v) is 10.6. The molecule has 0 aliphatic heterocycles. The Labute approximate surface area is 118 Å². The number of hydrogen-bond donors (Lipinski definition) is 0. The first-order valence-electron chi connectivity index (χ1n) is 5.27. The number of rotatable bonds is 1. The van der Waals surface area contributed by atoms with E-state index in [9.17, 15) is 26.3 Å². The van der Waals surface area contributed by atoms with Gasteiger partial charge in [-0.1, -0.05) is 11.6 Å². The normalized spacial score (nSPS) is 12.7. The number of alkyl halides is 6. The minimum Gasteiger partial charge on any atom is -0.306 e. The van der Waals surface area contributed by atoms with Crippen molar-refractivity contribution in [1.29, 1.82) is 5.26 Å². The summed E-state index contributed by atoms with van der Waals surface area (Å²) in [6.45, 7) is -0.787. The predicted molar refractivity (Wildman–Crippen MR) is 60.4 cm³/mol. The summed E-state index contributed by atoms with van der Waals surface area (Å²) in [6, 6.07) is 2.61. The molecule has 0 saturated carbocycles. The van der Waals surface area contributed by atoms with Crippen LogP contribution in [0.1, 0.15) is 11.4 Å². The summed E-state index contributed by atoms with van der Waals surface area (Å²) in [6.07, 6.45) is -9.73. The van der Waals surface area contributed by atoms with E-state index in [1.54, 1.807) is 0 Å². The molecule has 0 spiro atoms. The maximum atomic E-state index is 12.8. The van der Waals surface area contributed by atoms with Gasteiger partial charge in [-0.15, -0.1) is 0 Å². The van der Waals surface area contributed by atoms with Gasteiger partial charge < -0.3 is 4.57 Å². The molecule has 0 bridgehead atoms. The first kappa shape index (κ1) is 15.4. The van der Waals surface area contributed by atoms with E-state index in [0.29, 0.717) is 16.7 Å². The third-order valence-corrected chi connectivity index (χ3v) is 2.94. The van der Waals surface area contributed by atoms with E-state index in [2.05, 4.69) is 4.98 Å². The van der Waals surface area contributed by atoms with Gasteiger partial charge >= 0.3 is 12.4 Å². The van der Waals surface area contributed by atoms with Crippen LogP contribution in [0, 0.1) is 11.3 Å². The van der Waals surface area contributed by atoms with Crippen molar-refractivity contribution in [2.24, 2.45) is 0 Å². The molecule has 0 N–H and O–H groups in total. The maximum absolute atomic E-state index is 12.8. The minimum atomic E-state index is -4.90. The van der Waals surface area contributed by atoms with Crippen LogP contribution in [0.5, 0.6) is 0 Å². The molecule has 0 amide bonds. The summed E-state index contributed by atoms with van der Waals surface area (Å²) in [5, 5.41) is 7.80. The highest BCUT2D eigenvalue weighted by Gasteiger charge is 2.39. The van der Waals surface area contributed by atoms with Gasteiger partial charge in [0, 0.05) is 0 Å². The third-order valence-electron chi connectivity index (χ3n) is 2.62. The molecule has 3 nitrogen and oxygen atoms in total. The topological polar surface area (TPSA) is 41.6 Å². The van der Waals surface area contributed by atoms with E-state index in [1.165, 1.54) is 6.07 Å². The van der Waals surface area contributed by atoms with E-state index in [0.717, 1.165) is 0 Å². The van der Waals surface area contributed by atoms with Crippen molar-refractivity contribution in [3.8, 4) is 6.07 Å². The van der Waals surface area contributed by atoms with Crippen molar-refractivity contribution >= 4 is 22.6 Å². The van der Waals surface area contributed by atoms with Crippen LogP contribution in [0.25, 0.3) is 11.0 Å². The first-order chi connectivity index (χ1) is 9.55. The lowest BCUT2D eigenvalue weighted by atomic mass is 10.2. The van der Waals surface area contributed by atoms with Crippen LogP contribution in [0.15, 0.2) is 12.1 Å². The molecule has 0 aliphatic rings. The van der Waals surface area contributed by atoms with Gasteiger partial charge in [-0.05, 0) is 12.1 Å². The fourth-order valence-corrected chi connectivity index (χ4v) is 2.08. The van der Waals surface area contributed by atoms with Gasteiger partial charge in [0.25, 0.3) is 0 Å². The molecule has 10 heteroatoms. The second kappa shape index (κ2) is 4.80. The molecule has 0 aliphatic carbocycles. The van der Waals surface area contributed by atoms with Gasteiger partial charge in [-0.25, -0.2) is 4.98 Å². The highest BCUT2D eigenvalue weighted by molar-refractivity contribution is 6.32. The Morgan fingerprint density at radius 2 is 1.76 bits per heavy atom. The molecule has 0 saturated heterocycles. The third kappa shape index (κ3) is 2.76. The zero-order chi connectivity index (χ0) is 16.0. The Hall–Kier alpha value is -1.95. The van der Waals surface area contributed by atoms with E-state index < -0.39 is 40.8 Å². The van der Waals surface area contributed by atoms with Gasteiger partial charge in [0.1, 0.15) is 6.54 Å². The Morgan fingerprint density at radius 3 is 2.24 bits per heavy atom. The summed E-state index contributed by atoms with van der Waals surface area (Å²) in [5.74, 6) is -1.45.